The summed E-state index contributed by atoms with van der Waals surface area (Å²) in [5, 5.41) is 6.12. The maximum Gasteiger partial charge on any atom is 0.148 e. The number of hydrogen-bond acceptors (Lipinski definition) is 6. The Labute approximate surface area is 101 Å². The summed E-state index contributed by atoms with van der Waals surface area (Å²) in [6.07, 6.45) is 1.47. The van der Waals surface area contributed by atoms with Crippen molar-refractivity contribution in [3.63, 3.8) is 0 Å². The number of ketones is 1. The van der Waals surface area contributed by atoms with Gasteiger partial charge in [-0.25, -0.2) is 9.97 Å². The zero-order valence-corrected chi connectivity index (χ0v) is 10.5. The van der Waals surface area contributed by atoms with E-state index in [2.05, 4.69) is 25.5 Å². The molecule has 6 nitrogen and oxygen atoms in total. The van der Waals surface area contributed by atoms with Crippen LogP contribution >= 0.6 is 0 Å². The first kappa shape index (κ1) is 13.4. The van der Waals surface area contributed by atoms with E-state index in [1.807, 2.05) is 14.1 Å². The highest BCUT2D eigenvalue weighted by atomic mass is 16.1. The largest absolute Gasteiger partial charge is 0.369 e. The normalized spacial score (nSPS) is 10.4. The molecule has 1 heterocycles. The summed E-state index contributed by atoms with van der Waals surface area (Å²) in [5.41, 5.74) is 0. The predicted octanol–water partition coefficient (Wildman–Crippen LogP) is 0.451. The van der Waals surface area contributed by atoms with Crippen LogP contribution in [0.25, 0.3) is 0 Å². The van der Waals surface area contributed by atoms with E-state index < -0.39 is 0 Å². The van der Waals surface area contributed by atoms with Crippen molar-refractivity contribution in [3.8, 4) is 0 Å². The van der Waals surface area contributed by atoms with Crippen LogP contribution in [0.4, 0.5) is 11.6 Å². The Hall–Kier alpha value is -1.69. The number of nitrogens with one attached hydrogen (secondary N) is 2. The van der Waals surface area contributed by atoms with Gasteiger partial charge >= 0.3 is 0 Å². The highest BCUT2D eigenvalue weighted by molar-refractivity contribution is 5.80. The van der Waals surface area contributed by atoms with Gasteiger partial charge in [-0.2, -0.15) is 0 Å². The second kappa shape index (κ2) is 6.80. The van der Waals surface area contributed by atoms with E-state index in [4.69, 9.17) is 0 Å². The third-order valence-electron chi connectivity index (χ3n) is 2.05. The van der Waals surface area contributed by atoms with Gasteiger partial charge in [0.2, 0.25) is 0 Å². The number of nitrogens with zero attached hydrogens (tertiary/aromatic N) is 3. The molecule has 0 aromatic carbocycles. The summed E-state index contributed by atoms with van der Waals surface area (Å²) in [5.74, 6) is 1.49. The molecule has 0 saturated carbocycles. The van der Waals surface area contributed by atoms with Crippen LogP contribution in [-0.2, 0) is 4.79 Å². The molecule has 1 rings (SSSR count). The lowest BCUT2D eigenvalue weighted by molar-refractivity contribution is -0.115. The van der Waals surface area contributed by atoms with Crippen LogP contribution in [0, 0.1) is 0 Å². The fraction of sp³-hybridized carbons (Fsp3) is 0.545. The van der Waals surface area contributed by atoms with Crippen molar-refractivity contribution >= 4 is 17.4 Å². The van der Waals surface area contributed by atoms with Crippen molar-refractivity contribution in [2.45, 2.75) is 6.92 Å². The van der Waals surface area contributed by atoms with Crippen LogP contribution in [0.2, 0.25) is 0 Å². The number of carbonyl (C=O) groups is 1. The summed E-state index contributed by atoms with van der Waals surface area (Å²) in [7, 11) is 4.03. The maximum atomic E-state index is 10.8. The second-order valence-corrected chi connectivity index (χ2v) is 4.07. The SMILES string of the molecule is CC(=O)CNc1cc(NCCN(C)C)ncn1. The lowest BCUT2D eigenvalue weighted by Gasteiger charge is -2.11. The van der Waals surface area contributed by atoms with Crippen molar-refractivity contribution in [2.75, 3.05) is 44.4 Å². The maximum absolute atomic E-state index is 10.8. The van der Waals surface area contributed by atoms with E-state index in [1.165, 1.54) is 13.3 Å². The number of likely N-dealkylation sites (N-methyl/N-ethyl adjacent to an activating group) is 1. The van der Waals surface area contributed by atoms with E-state index in [1.54, 1.807) is 6.07 Å². The Kier molecular flexibility index (Phi) is 5.35. The van der Waals surface area contributed by atoms with Crippen molar-refractivity contribution in [1.29, 1.82) is 0 Å². The molecular formula is C11H19N5O. The average molecular weight is 237 g/mol. The lowest BCUT2D eigenvalue weighted by atomic mass is 10.4. The van der Waals surface area contributed by atoms with Crippen LogP contribution in [0.15, 0.2) is 12.4 Å². The summed E-state index contributed by atoms with van der Waals surface area (Å²) in [6, 6.07) is 1.79. The van der Waals surface area contributed by atoms with Gasteiger partial charge in [-0.05, 0) is 21.0 Å². The van der Waals surface area contributed by atoms with Crippen molar-refractivity contribution in [2.24, 2.45) is 0 Å². The number of anilines is 2. The molecule has 1 aromatic heterocycles. The second-order valence-electron chi connectivity index (χ2n) is 4.07. The van der Waals surface area contributed by atoms with Crippen molar-refractivity contribution in [3.05, 3.63) is 12.4 Å². The van der Waals surface area contributed by atoms with E-state index in [0.717, 1.165) is 18.9 Å². The molecule has 0 radical (unpaired) electrons. The third-order valence-corrected chi connectivity index (χ3v) is 2.05. The summed E-state index contributed by atoms with van der Waals surface area (Å²) in [4.78, 5) is 21.0. The molecule has 0 saturated heterocycles. The highest BCUT2D eigenvalue weighted by Gasteiger charge is 1.99. The minimum atomic E-state index is 0.0747. The third kappa shape index (κ3) is 5.82. The Bertz CT molecular complexity index is 367. The molecular weight excluding hydrogens is 218 g/mol. The minimum Gasteiger partial charge on any atom is -0.369 e. The fourth-order valence-electron chi connectivity index (χ4n) is 1.17. The molecule has 94 valence electrons. The zero-order chi connectivity index (χ0) is 12.7. The summed E-state index contributed by atoms with van der Waals surface area (Å²) < 4.78 is 0. The molecule has 6 heteroatoms. The first-order valence-corrected chi connectivity index (χ1v) is 5.52. The molecule has 0 bridgehead atoms. The molecule has 0 aliphatic heterocycles. The number of rotatable bonds is 7. The number of Topliss-reactive ketones (excluding diaryl/α,β-unsaturated/α-hetero) is 1. The molecule has 17 heavy (non-hydrogen) atoms. The van der Waals surface area contributed by atoms with Crippen LogP contribution in [0.1, 0.15) is 6.92 Å². The van der Waals surface area contributed by atoms with Crippen LogP contribution in [-0.4, -0.2) is 54.4 Å². The van der Waals surface area contributed by atoms with Gasteiger partial charge in [0.25, 0.3) is 0 Å². The van der Waals surface area contributed by atoms with Gasteiger partial charge in [0.1, 0.15) is 23.7 Å². The number of hydrogen-bond donors (Lipinski definition) is 2. The lowest BCUT2D eigenvalue weighted by Crippen LogP contribution is -2.21. The van der Waals surface area contributed by atoms with E-state index in [9.17, 15) is 4.79 Å². The van der Waals surface area contributed by atoms with Gasteiger partial charge in [-0.1, -0.05) is 0 Å². The van der Waals surface area contributed by atoms with E-state index >= 15 is 0 Å². The van der Waals surface area contributed by atoms with Gasteiger partial charge in [-0.15, -0.1) is 0 Å². The number of carbonyl (C=O) groups excluding carboxylic acids is 1. The Morgan fingerprint density at radius 1 is 1.29 bits per heavy atom. The van der Waals surface area contributed by atoms with Crippen LogP contribution in [0.3, 0.4) is 0 Å². The standard InChI is InChI=1S/C11H19N5O/c1-9(17)7-13-11-6-10(14-8-15-11)12-4-5-16(2)3/h6,8H,4-5,7H2,1-3H3,(H2,12,13,14,15). The summed E-state index contributed by atoms with van der Waals surface area (Å²) in [6.45, 7) is 3.56. The predicted molar refractivity (Wildman–Crippen MR) is 68.2 cm³/mol. The van der Waals surface area contributed by atoms with Gasteiger partial charge in [0.05, 0.1) is 6.54 Å². The fourth-order valence-corrected chi connectivity index (χ4v) is 1.17. The Morgan fingerprint density at radius 2 is 1.94 bits per heavy atom. The van der Waals surface area contributed by atoms with Gasteiger partial charge in [0.15, 0.2) is 0 Å². The topological polar surface area (TPSA) is 70.2 Å². The van der Waals surface area contributed by atoms with Crippen LogP contribution < -0.4 is 10.6 Å². The number of aromatic nitrogens is 2. The molecule has 0 amide bonds. The molecule has 1 aromatic rings. The molecule has 0 aliphatic carbocycles. The molecule has 0 spiro atoms. The van der Waals surface area contributed by atoms with Crippen LogP contribution in [0.5, 0.6) is 0 Å². The summed E-state index contributed by atoms with van der Waals surface area (Å²) >= 11 is 0. The van der Waals surface area contributed by atoms with E-state index in [-0.39, 0.29) is 12.3 Å². The highest BCUT2D eigenvalue weighted by Crippen LogP contribution is 2.07. The molecule has 0 atom stereocenters. The quantitative estimate of drug-likeness (QED) is 0.717. The van der Waals surface area contributed by atoms with E-state index in [0.29, 0.717) is 5.82 Å². The first-order valence-electron chi connectivity index (χ1n) is 5.52. The average Bonchev–Trinajstić information content (AvgIpc) is 2.26. The zero-order valence-electron chi connectivity index (χ0n) is 10.5. The van der Waals surface area contributed by atoms with Crippen molar-refractivity contribution in [1.82, 2.24) is 14.9 Å². The monoisotopic (exact) mass is 237 g/mol. The molecule has 0 unspecified atom stereocenters. The Morgan fingerprint density at radius 3 is 2.53 bits per heavy atom. The van der Waals surface area contributed by atoms with Gasteiger partial charge in [-0.3, -0.25) is 4.79 Å². The molecule has 0 aliphatic rings. The van der Waals surface area contributed by atoms with Gasteiger partial charge < -0.3 is 15.5 Å². The smallest absolute Gasteiger partial charge is 0.148 e. The minimum absolute atomic E-state index is 0.0747. The Balaban J connectivity index is 2.45. The first-order chi connectivity index (χ1) is 8.08. The van der Waals surface area contributed by atoms with Crippen molar-refractivity contribution < 1.29 is 4.79 Å². The molecule has 2 N–H and O–H groups in total. The molecule has 0 fully saturated rings. The van der Waals surface area contributed by atoms with Gasteiger partial charge in [0, 0.05) is 19.2 Å².